The molecule has 0 N–H and O–H groups in total. The van der Waals surface area contributed by atoms with Crippen LogP contribution in [0.2, 0.25) is 0 Å². The SMILES string of the molecule is [2H]c1c([2H])c([2H])c(N(c2ccc(C(C)(C)C)cc2)c2ccc3c(c2)N(c2ccc4sc5ccccc5c4c2)c2cc(C(C)(C)C)cc4c2B3c2cc(-c3ccccc3)ccc2N4c2ccc3sc4ccccc4c3c2)c([2H])c1[2H]. The highest BCUT2D eigenvalue weighted by Crippen LogP contribution is 2.50. The first-order chi connectivity index (χ1) is 38.0. The quantitative estimate of drug-likeness (QED) is 0.154. The predicted octanol–water partition coefficient (Wildman–Crippen LogP) is 18.2. The number of benzene rings is 10. The van der Waals surface area contributed by atoms with Crippen molar-refractivity contribution in [3.8, 4) is 11.1 Å². The second kappa shape index (κ2) is 16.8. The van der Waals surface area contributed by atoms with E-state index >= 15 is 0 Å². The zero-order chi connectivity index (χ0) is 54.4. The Morgan fingerprint density at radius 1 is 0.405 bits per heavy atom. The standard InChI is InChI=1S/C68H54BN3S2/c1-67(2,3)45-26-28-48(29-27-45)70(47-19-11-8-12-20-47)51-30-33-56-59(42-51)72(50-32-36-65-55(41-50)53-22-14-16-24-63(53)74-65)61-39-46(68(4,5)6)38-60-66(61)69(56)57-37-44(43-17-9-7-10-18-43)25-34-58(57)71(60)49-31-35-64-54(40-49)52-21-13-15-23-62(52)73-64/h7-42H,1-6H3/i8D,11D,12D,19D,20D. The third kappa shape index (κ3) is 7.21. The molecule has 0 unspecified atom stereocenters. The van der Waals surface area contributed by atoms with E-state index in [4.69, 9.17) is 4.11 Å². The highest BCUT2D eigenvalue weighted by molar-refractivity contribution is 7.26. The Hall–Kier alpha value is -7.90. The van der Waals surface area contributed by atoms with Crippen LogP contribution in [0.5, 0.6) is 0 Å². The number of anilines is 9. The molecule has 2 aromatic heterocycles. The summed E-state index contributed by atoms with van der Waals surface area (Å²) < 4.78 is 50.5. The van der Waals surface area contributed by atoms with Crippen LogP contribution in [-0.4, -0.2) is 6.71 Å². The number of nitrogens with zero attached hydrogens (tertiary/aromatic N) is 3. The van der Waals surface area contributed by atoms with E-state index in [2.05, 4.69) is 227 Å². The van der Waals surface area contributed by atoms with E-state index in [1.165, 1.54) is 56.8 Å². The van der Waals surface area contributed by atoms with E-state index in [-0.39, 0.29) is 47.4 Å². The molecule has 12 aromatic rings. The molecule has 74 heavy (non-hydrogen) atoms. The van der Waals surface area contributed by atoms with Crippen molar-refractivity contribution in [2.45, 2.75) is 52.4 Å². The lowest BCUT2D eigenvalue weighted by Gasteiger charge is -2.45. The molecule has 10 aromatic carbocycles. The van der Waals surface area contributed by atoms with Gasteiger partial charge >= 0.3 is 0 Å². The fourth-order valence-electron chi connectivity index (χ4n) is 11.5. The summed E-state index contributed by atoms with van der Waals surface area (Å²) >= 11 is 3.63. The molecule has 0 spiro atoms. The minimum Gasteiger partial charge on any atom is -0.311 e. The molecule has 0 saturated heterocycles. The smallest absolute Gasteiger partial charge is 0.252 e. The molecule has 0 fully saturated rings. The van der Waals surface area contributed by atoms with E-state index in [0.29, 0.717) is 11.4 Å². The Kier molecular flexibility index (Phi) is 9.01. The highest BCUT2D eigenvalue weighted by atomic mass is 32.1. The summed E-state index contributed by atoms with van der Waals surface area (Å²) in [5.74, 6) is 0. The first-order valence-corrected chi connectivity index (χ1v) is 27.1. The van der Waals surface area contributed by atoms with Crippen LogP contribution in [-0.2, 0) is 10.8 Å². The van der Waals surface area contributed by atoms with Crippen molar-refractivity contribution in [3.05, 3.63) is 229 Å². The van der Waals surface area contributed by atoms with Gasteiger partial charge in [0.15, 0.2) is 0 Å². The van der Waals surface area contributed by atoms with Crippen LogP contribution in [0.15, 0.2) is 218 Å². The number of rotatable bonds is 6. The molecule has 14 rings (SSSR count). The minimum absolute atomic E-state index is 0.0854. The number of thiophene rings is 2. The molecule has 0 radical (unpaired) electrons. The Bertz CT molecular complexity index is 4470. The first-order valence-electron chi connectivity index (χ1n) is 27.9. The first kappa shape index (κ1) is 39.6. The van der Waals surface area contributed by atoms with E-state index in [1.54, 1.807) is 11.3 Å². The second-order valence-corrected chi connectivity index (χ2v) is 24.0. The molecule has 0 bridgehead atoms. The van der Waals surface area contributed by atoms with Crippen LogP contribution in [0.1, 0.15) is 59.5 Å². The molecule has 0 aliphatic carbocycles. The summed E-state index contributed by atoms with van der Waals surface area (Å²) in [6, 6.07) is 66.6. The fourth-order valence-corrected chi connectivity index (χ4v) is 13.7. The Morgan fingerprint density at radius 2 is 0.959 bits per heavy atom. The Morgan fingerprint density at radius 3 is 1.57 bits per heavy atom. The Balaban J connectivity index is 1.09. The van der Waals surface area contributed by atoms with Gasteiger partial charge in [0.1, 0.15) is 0 Å². The van der Waals surface area contributed by atoms with Gasteiger partial charge in [-0.15, -0.1) is 22.7 Å². The highest BCUT2D eigenvalue weighted by Gasteiger charge is 2.45. The van der Waals surface area contributed by atoms with Gasteiger partial charge in [-0.2, -0.15) is 0 Å². The van der Waals surface area contributed by atoms with E-state index in [9.17, 15) is 2.74 Å². The maximum atomic E-state index is 9.48. The van der Waals surface area contributed by atoms with Crippen LogP contribution in [0.3, 0.4) is 0 Å². The molecule has 0 atom stereocenters. The molecule has 4 heterocycles. The van der Waals surface area contributed by atoms with Crippen molar-refractivity contribution in [1.82, 2.24) is 0 Å². The van der Waals surface area contributed by atoms with E-state index < -0.39 is 6.04 Å². The topological polar surface area (TPSA) is 9.72 Å². The summed E-state index contributed by atoms with van der Waals surface area (Å²) in [6.07, 6.45) is 0. The van der Waals surface area contributed by atoms with Gasteiger partial charge in [-0.25, -0.2) is 0 Å². The average Bonchev–Trinajstić information content (AvgIpc) is 4.19. The third-order valence-electron chi connectivity index (χ3n) is 15.2. The van der Waals surface area contributed by atoms with Crippen LogP contribution in [0, 0.1) is 0 Å². The zero-order valence-electron chi connectivity index (χ0n) is 47.1. The molecule has 2 aliphatic heterocycles. The van der Waals surface area contributed by atoms with Crippen molar-refractivity contribution in [1.29, 1.82) is 0 Å². The summed E-state index contributed by atoms with van der Waals surface area (Å²) in [5.41, 5.74) is 15.3. The van der Waals surface area contributed by atoms with Crippen molar-refractivity contribution in [2.24, 2.45) is 0 Å². The predicted molar refractivity (Wildman–Crippen MR) is 324 cm³/mol. The van der Waals surface area contributed by atoms with E-state index in [1.807, 2.05) is 28.4 Å². The van der Waals surface area contributed by atoms with Gasteiger partial charge in [-0.3, -0.25) is 0 Å². The van der Waals surface area contributed by atoms with Crippen molar-refractivity contribution in [2.75, 3.05) is 14.7 Å². The maximum absolute atomic E-state index is 9.48. The number of fused-ring (bicyclic) bond motifs is 10. The van der Waals surface area contributed by atoms with Crippen LogP contribution < -0.4 is 31.1 Å². The zero-order valence-corrected chi connectivity index (χ0v) is 43.8. The second-order valence-electron chi connectivity index (χ2n) is 21.8. The van der Waals surface area contributed by atoms with Gasteiger partial charge in [0.05, 0.1) is 6.85 Å². The van der Waals surface area contributed by atoms with Crippen LogP contribution >= 0.6 is 22.7 Å². The maximum Gasteiger partial charge on any atom is 0.252 e. The van der Waals surface area contributed by atoms with Crippen molar-refractivity contribution >= 4 is 137 Å². The number of para-hydroxylation sites is 1. The number of hydrogen-bond donors (Lipinski definition) is 0. The monoisotopic (exact) mass is 992 g/mol. The molecule has 6 heteroatoms. The van der Waals surface area contributed by atoms with E-state index in [0.717, 1.165) is 56.3 Å². The van der Waals surface area contributed by atoms with Gasteiger partial charge in [0.25, 0.3) is 6.71 Å². The summed E-state index contributed by atoms with van der Waals surface area (Å²) in [6.45, 7) is 13.2. The molecule has 0 saturated carbocycles. The summed E-state index contributed by atoms with van der Waals surface area (Å²) in [4.78, 5) is 6.81. The fraction of sp³-hybridized carbons (Fsp3) is 0.118. The molecule has 356 valence electrons. The van der Waals surface area contributed by atoms with Crippen molar-refractivity contribution in [3.63, 3.8) is 0 Å². The minimum atomic E-state index is -0.430. The largest absolute Gasteiger partial charge is 0.311 e. The van der Waals surface area contributed by atoms with Gasteiger partial charge in [-0.05, 0) is 153 Å². The van der Waals surface area contributed by atoms with Gasteiger partial charge in [0.2, 0.25) is 0 Å². The third-order valence-corrected chi connectivity index (χ3v) is 17.5. The van der Waals surface area contributed by atoms with Crippen molar-refractivity contribution < 1.29 is 6.85 Å². The summed E-state index contributed by atoms with van der Waals surface area (Å²) in [7, 11) is 0. The lowest BCUT2D eigenvalue weighted by Crippen LogP contribution is -2.61. The molecule has 3 nitrogen and oxygen atoms in total. The average molecular weight is 993 g/mol. The lowest BCUT2D eigenvalue weighted by molar-refractivity contribution is 0.590. The molecular formula is C68H54BN3S2. The van der Waals surface area contributed by atoms with Crippen LogP contribution in [0.25, 0.3) is 51.5 Å². The van der Waals surface area contributed by atoms with Crippen LogP contribution in [0.4, 0.5) is 51.2 Å². The van der Waals surface area contributed by atoms with Gasteiger partial charge in [-0.1, -0.05) is 157 Å². The lowest BCUT2D eigenvalue weighted by atomic mass is 9.33. The van der Waals surface area contributed by atoms with Gasteiger partial charge in [0, 0.05) is 91.5 Å². The number of hydrogen-bond acceptors (Lipinski definition) is 5. The molecule has 2 aliphatic rings. The molecule has 0 amide bonds. The summed E-state index contributed by atoms with van der Waals surface area (Å²) in [5, 5.41) is 4.86. The van der Waals surface area contributed by atoms with Gasteiger partial charge < -0.3 is 14.7 Å². The Labute approximate surface area is 449 Å². The normalized spacial score (nSPS) is 14.1. The molecular weight excluding hydrogens is 934 g/mol.